The van der Waals surface area contributed by atoms with Gasteiger partial charge in [0.15, 0.2) is 17.1 Å². The third kappa shape index (κ3) is 4.17. The van der Waals surface area contributed by atoms with Gasteiger partial charge in [0.05, 0.1) is 11.1 Å². The van der Waals surface area contributed by atoms with Crippen LogP contribution in [-0.4, -0.2) is 30.4 Å². The number of fused-ring (bicyclic) bond motifs is 1. The van der Waals surface area contributed by atoms with Gasteiger partial charge in [-0.2, -0.15) is 18.3 Å². The topological polar surface area (TPSA) is 117 Å². The van der Waals surface area contributed by atoms with E-state index in [0.717, 1.165) is 16.2 Å². The standard InChI is InChI=1S/C24H20F3N7O2/c1-13(2)22-29-9-10-33(22)15-5-3-14(4-6-15)30-23(35)18-12-20(24(25,26)27)31-34(18)16-7-8-19-17(11-16)21(28)32-36-19/h3-13H,1-2H3,(H2,28,32)(H,30,35). The lowest BCUT2D eigenvalue weighted by molar-refractivity contribution is -0.141. The van der Waals surface area contributed by atoms with Gasteiger partial charge in [0.1, 0.15) is 11.5 Å². The molecule has 0 unspecified atom stereocenters. The molecular weight excluding hydrogens is 475 g/mol. The number of alkyl halides is 3. The van der Waals surface area contributed by atoms with E-state index in [-0.39, 0.29) is 23.1 Å². The lowest BCUT2D eigenvalue weighted by Gasteiger charge is -2.12. The van der Waals surface area contributed by atoms with Crippen LogP contribution in [0, 0.1) is 0 Å². The molecule has 184 valence electrons. The van der Waals surface area contributed by atoms with Crippen molar-refractivity contribution in [1.82, 2.24) is 24.5 Å². The molecule has 0 saturated heterocycles. The molecule has 0 spiro atoms. The monoisotopic (exact) mass is 495 g/mol. The Bertz CT molecular complexity index is 1560. The number of imidazole rings is 1. The van der Waals surface area contributed by atoms with Gasteiger partial charge in [-0.15, -0.1) is 0 Å². The molecule has 0 radical (unpaired) electrons. The van der Waals surface area contributed by atoms with Crippen molar-refractivity contribution in [2.75, 3.05) is 11.1 Å². The molecule has 3 N–H and O–H groups in total. The summed E-state index contributed by atoms with van der Waals surface area (Å²) in [6.45, 7) is 4.06. The van der Waals surface area contributed by atoms with Crippen molar-refractivity contribution in [1.29, 1.82) is 0 Å². The molecule has 1 amide bonds. The molecule has 5 aromatic rings. The van der Waals surface area contributed by atoms with Crippen molar-refractivity contribution in [3.63, 3.8) is 0 Å². The van der Waals surface area contributed by atoms with Gasteiger partial charge in [-0.1, -0.05) is 19.0 Å². The van der Waals surface area contributed by atoms with E-state index in [1.807, 2.05) is 24.6 Å². The predicted octanol–water partition coefficient (Wildman–Crippen LogP) is 5.18. The first-order valence-corrected chi connectivity index (χ1v) is 10.9. The summed E-state index contributed by atoms with van der Waals surface area (Å²) in [5.41, 5.74) is 6.03. The first-order valence-electron chi connectivity index (χ1n) is 10.9. The van der Waals surface area contributed by atoms with Gasteiger partial charge in [-0.25, -0.2) is 9.67 Å². The quantitative estimate of drug-likeness (QED) is 0.347. The Morgan fingerprint density at radius 3 is 2.50 bits per heavy atom. The lowest BCUT2D eigenvalue weighted by Crippen LogP contribution is -2.17. The summed E-state index contributed by atoms with van der Waals surface area (Å²) in [7, 11) is 0. The number of nitrogens with zero attached hydrogens (tertiary/aromatic N) is 5. The average molecular weight is 495 g/mol. The number of nitrogens with one attached hydrogen (secondary N) is 1. The third-order valence-corrected chi connectivity index (χ3v) is 5.55. The lowest BCUT2D eigenvalue weighted by atomic mass is 10.2. The number of hydrogen-bond donors (Lipinski definition) is 2. The second-order valence-corrected chi connectivity index (χ2v) is 8.38. The summed E-state index contributed by atoms with van der Waals surface area (Å²) >= 11 is 0. The average Bonchev–Trinajstić information content (AvgIpc) is 3.58. The van der Waals surface area contributed by atoms with Gasteiger partial charge in [0, 0.05) is 35.8 Å². The number of benzene rings is 2. The van der Waals surface area contributed by atoms with E-state index in [9.17, 15) is 18.0 Å². The fraction of sp³-hybridized carbons (Fsp3) is 0.167. The van der Waals surface area contributed by atoms with Crippen molar-refractivity contribution in [3.05, 3.63) is 78.1 Å². The Labute approximate surface area is 202 Å². The Kier molecular flexibility index (Phi) is 5.50. The Morgan fingerprint density at radius 1 is 1.08 bits per heavy atom. The highest BCUT2D eigenvalue weighted by Crippen LogP contribution is 2.31. The van der Waals surface area contributed by atoms with E-state index in [1.165, 1.54) is 18.2 Å². The van der Waals surface area contributed by atoms with E-state index in [4.69, 9.17) is 10.3 Å². The Balaban J connectivity index is 1.47. The van der Waals surface area contributed by atoms with Crippen LogP contribution in [0.25, 0.3) is 22.3 Å². The molecule has 0 bridgehead atoms. The largest absolute Gasteiger partial charge is 0.435 e. The van der Waals surface area contributed by atoms with E-state index >= 15 is 0 Å². The van der Waals surface area contributed by atoms with E-state index in [1.54, 1.807) is 30.5 Å². The maximum absolute atomic E-state index is 13.5. The van der Waals surface area contributed by atoms with Gasteiger partial charge < -0.3 is 20.1 Å². The molecule has 0 aliphatic rings. The number of amides is 1. The molecular formula is C24H20F3N7O2. The predicted molar refractivity (Wildman–Crippen MR) is 126 cm³/mol. The molecule has 12 heteroatoms. The van der Waals surface area contributed by atoms with Crippen molar-refractivity contribution in [3.8, 4) is 11.4 Å². The number of rotatable bonds is 5. The summed E-state index contributed by atoms with van der Waals surface area (Å²) in [5.74, 6) is 0.380. The fourth-order valence-electron chi connectivity index (χ4n) is 3.82. The van der Waals surface area contributed by atoms with Crippen LogP contribution in [0.4, 0.5) is 24.7 Å². The summed E-state index contributed by atoms with van der Waals surface area (Å²) < 4.78 is 48.3. The van der Waals surface area contributed by atoms with Crippen molar-refractivity contribution < 1.29 is 22.5 Å². The number of nitrogen functional groups attached to an aromatic ring is 1. The van der Waals surface area contributed by atoms with Crippen LogP contribution in [0.3, 0.4) is 0 Å². The maximum Gasteiger partial charge on any atom is 0.435 e. The molecule has 0 aliphatic heterocycles. The zero-order valence-corrected chi connectivity index (χ0v) is 19.1. The molecule has 5 rings (SSSR count). The van der Waals surface area contributed by atoms with Crippen molar-refractivity contribution in [2.45, 2.75) is 25.9 Å². The summed E-state index contributed by atoms with van der Waals surface area (Å²) in [6, 6.07) is 12.0. The summed E-state index contributed by atoms with van der Waals surface area (Å²) in [6.07, 6.45) is -1.21. The number of halogens is 3. The number of aromatic nitrogens is 5. The third-order valence-electron chi connectivity index (χ3n) is 5.55. The van der Waals surface area contributed by atoms with Crippen LogP contribution in [-0.2, 0) is 6.18 Å². The summed E-state index contributed by atoms with van der Waals surface area (Å²) in [5, 5.41) is 10.3. The first-order chi connectivity index (χ1) is 17.1. The second-order valence-electron chi connectivity index (χ2n) is 8.38. The molecule has 36 heavy (non-hydrogen) atoms. The van der Waals surface area contributed by atoms with Gasteiger partial charge >= 0.3 is 6.18 Å². The summed E-state index contributed by atoms with van der Waals surface area (Å²) in [4.78, 5) is 17.4. The maximum atomic E-state index is 13.5. The number of nitrogens with two attached hydrogens (primary N) is 1. The SMILES string of the molecule is CC(C)c1nccn1-c1ccc(NC(=O)c2cc(C(F)(F)F)nn2-c2ccc3onc(N)c3c2)cc1. The van der Waals surface area contributed by atoms with Gasteiger partial charge in [-0.05, 0) is 42.5 Å². The minimum Gasteiger partial charge on any atom is -0.380 e. The molecule has 0 atom stereocenters. The number of carbonyl (C=O) groups is 1. The van der Waals surface area contributed by atoms with Crippen LogP contribution >= 0.6 is 0 Å². The van der Waals surface area contributed by atoms with Gasteiger partial charge in [-0.3, -0.25) is 4.79 Å². The fourth-order valence-corrected chi connectivity index (χ4v) is 3.82. The molecule has 3 heterocycles. The zero-order chi connectivity index (χ0) is 25.6. The normalized spacial score (nSPS) is 11.9. The molecule has 9 nitrogen and oxygen atoms in total. The van der Waals surface area contributed by atoms with Crippen molar-refractivity contribution in [2.24, 2.45) is 0 Å². The highest BCUT2D eigenvalue weighted by molar-refractivity contribution is 6.03. The molecule has 0 aliphatic carbocycles. The first kappa shape index (κ1) is 23.1. The number of hydrogen-bond acceptors (Lipinski definition) is 6. The van der Waals surface area contributed by atoms with Crippen LogP contribution in [0.15, 0.2) is 65.4 Å². The van der Waals surface area contributed by atoms with Crippen LogP contribution in [0.5, 0.6) is 0 Å². The minimum atomic E-state index is -4.75. The van der Waals surface area contributed by atoms with Crippen LogP contribution in [0.2, 0.25) is 0 Å². The van der Waals surface area contributed by atoms with E-state index < -0.39 is 17.8 Å². The van der Waals surface area contributed by atoms with Crippen molar-refractivity contribution >= 4 is 28.4 Å². The Hall–Kier alpha value is -4.61. The molecule has 2 aromatic carbocycles. The van der Waals surface area contributed by atoms with E-state index in [2.05, 4.69) is 20.6 Å². The minimum absolute atomic E-state index is 0.0691. The van der Waals surface area contributed by atoms with Crippen LogP contribution in [0.1, 0.15) is 41.8 Å². The molecule has 0 fully saturated rings. The smallest absolute Gasteiger partial charge is 0.380 e. The van der Waals surface area contributed by atoms with E-state index in [0.29, 0.717) is 22.7 Å². The van der Waals surface area contributed by atoms with Gasteiger partial charge in [0.2, 0.25) is 0 Å². The molecule has 0 saturated carbocycles. The molecule has 3 aromatic heterocycles. The second kappa shape index (κ2) is 8.56. The van der Waals surface area contributed by atoms with Gasteiger partial charge in [0.25, 0.3) is 5.91 Å². The number of carbonyl (C=O) groups excluding carboxylic acids is 1. The highest BCUT2D eigenvalue weighted by atomic mass is 19.4. The highest BCUT2D eigenvalue weighted by Gasteiger charge is 2.36. The van der Waals surface area contributed by atoms with Crippen LogP contribution < -0.4 is 11.1 Å². The number of anilines is 2. The Morgan fingerprint density at radius 2 is 1.81 bits per heavy atom. The zero-order valence-electron chi connectivity index (χ0n) is 19.1.